The van der Waals surface area contributed by atoms with E-state index in [9.17, 15) is 9.36 Å². The van der Waals surface area contributed by atoms with Crippen LogP contribution >= 0.6 is 7.14 Å². The average molecular weight is 398 g/mol. The lowest BCUT2D eigenvalue weighted by molar-refractivity contribution is -0.116. The highest BCUT2D eigenvalue weighted by Gasteiger charge is 2.53. The molecule has 3 aromatic rings. The molecule has 0 aliphatic heterocycles. The van der Waals surface area contributed by atoms with Gasteiger partial charge in [0.25, 0.3) is 0 Å². The largest absolute Gasteiger partial charge is 0.306 e. The fraction of sp³-hybridized carbons (Fsp3) is 0.192. The minimum Gasteiger partial charge on any atom is -0.306 e. The summed E-state index contributed by atoms with van der Waals surface area (Å²) in [6.45, 7) is 0. The van der Waals surface area contributed by atoms with Gasteiger partial charge in [-0.25, -0.2) is 0 Å². The summed E-state index contributed by atoms with van der Waals surface area (Å²) in [7, 11) is -3.42. The number of hydrogen-bond acceptors (Lipinski definition) is 2. The average Bonchev–Trinajstić information content (AvgIpc) is 3.42. The molecule has 2 aliphatic rings. The van der Waals surface area contributed by atoms with E-state index < -0.39 is 7.14 Å². The van der Waals surface area contributed by atoms with Crippen molar-refractivity contribution in [2.75, 3.05) is 0 Å². The Bertz CT molecular complexity index is 1050. The molecule has 0 radical (unpaired) electrons. The Labute approximate surface area is 171 Å². The van der Waals surface area contributed by atoms with E-state index in [0.717, 1.165) is 6.42 Å². The third-order valence-electron chi connectivity index (χ3n) is 6.48. The van der Waals surface area contributed by atoms with Crippen LogP contribution in [0.15, 0.2) is 103 Å². The zero-order valence-corrected chi connectivity index (χ0v) is 17.0. The molecule has 0 amide bonds. The number of allylic oxidation sites excluding steroid dienone is 2. The molecule has 0 aromatic heterocycles. The van der Waals surface area contributed by atoms with Crippen LogP contribution in [-0.2, 0) is 9.36 Å². The topological polar surface area (TPSA) is 34.1 Å². The molecule has 2 nitrogen and oxygen atoms in total. The Morgan fingerprint density at radius 1 is 0.690 bits per heavy atom. The van der Waals surface area contributed by atoms with Gasteiger partial charge in [0.05, 0.1) is 0 Å². The molecule has 3 aromatic carbocycles. The molecule has 3 heteroatoms. The molecular formula is C26H23O2P. The second-order valence-corrected chi connectivity index (χ2v) is 10.7. The molecule has 4 unspecified atom stereocenters. The van der Waals surface area contributed by atoms with Gasteiger partial charge in [-0.2, -0.15) is 0 Å². The van der Waals surface area contributed by atoms with Crippen molar-refractivity contribution >= 4 is 23.3 Å². The van der Waals surface area contributed by atoms with Crippen LogP contribution in [0.1, 0.15) is 17.9 Å². The lowest BCUT2D eigenvalue weighted by Crippen LogP contribution is -2.32. The standard InChI is InChI=1S/C26H23O2P/c27-26(25-21-17-16-20(18-21)24(25)19-10-4-1-5-11-19)29(28,22-12-6-2-7-13-22)23-14-8-3-9-15-23/h1-17,20-21,24-25H,18H2. The first kappa shape index (κ1) is 18.3. The Morgan fingerprint density at radius 2 is 1.17 bits per heavy atom. The SMILES string of the molecule is O=C(C1C2C=CC(C2)C1c1ccccc1)P(=O)(c1ccccc1)c1ccccc1. The highest BCUT2D eigenvalue weighted by atomic mass is 31.2. The summed E-state index contributed by atoms with van der Waals surface area (Å²) in [5, 5.41) is 1.27. The third-order valence-corrected chi connectivity index (χ3v) is 9.45. The van der Waals surface area contributed by atoms with Gasteiger partial charge >= 0.3 is 0 Å². The quantitative estimate of drug-likeness (QED) is 0.441. The van der Waals surface area contributed by atoms with E-state index >= 15 is 0 Å². The molecule has 2 bridgehead atoms. The smallest absolute Gasteiger partial charge is 0.205 e. The molecule has 0 heterocycles. The first-order chi connectivity index (χ1) is 14.2. The summed E-state index contributed by atoms with van der Waals surface area (Å²) in [6, 6.07) is 28.9. The minimum absolute atomic E-state index is 0.0967. The monoisotopic (exact) mass is 398 g/mol. The van der Waals surface area contributed by atoms with Crippen LogP contribution in [-0.4, -0.2) is 5.52 Å². The van der Waals surface area contributed by atoms with Crippen molar-refractivity contribution in [2.45, 2.75) is 12.3 Å². The lowest BCUT2D eigenvalue weighted by Gasteiger charge is -2.31. The van der Waals surface area contributed by atoms with Crippen LogP contribution in [0, 0.1) is 17.8 Å². The fourth-order valence-corrected chi connectivity index (χ4v) is 7.94. The van der Waals surface area contributed by atoms with Crippen LogP contribution in [0.3, 0.4) is 0 Å². The Morgan fingerprint density at radius 3 is 1.72 bits per heavy atom. The van der Waals surface area contributed by atoms with Crippen molar-refractivity contribution in [3.63, 3.8) is 0 Å². The normalized spacial score (nSPS) is 25.2. The zero-order valence-electron chi connectivity index (χ0n) is 16.1. The molecule has 144 valence electrons. The second kappa shape index (κ2) is 7.28. The van der Waals surface area contributed by atoms with E-state index in [4.69, 9.17) is 0 Å². The molecule has 0 spiro atoms. The van der Waals surface area contributed by atoms with Gasteiger partial charge < -0.3 is 4.57 Å². The van der Waals surface area contributed by atoms with Gasteiger partial charge in [0.2, 0.25) is 12.7 Å². The van der Waals surface area contributed by atoms with Gasteiger partial charge in [0, 0.05) is 22.4 Å². The predicted molar refractivity (Wildman–Crippen MR) is 118 cm³/mol. The van der Waals surface area contributed by atoms with Crippen molar-refractivity contribution in [1.82, 2.24) is 0 Å². The number of benzene rings is 3. The number of carbonyl (C=O) groups excluding carboxylic acids is 1. The highest BCUT2D eigenvalue weighted by molar-refractivity contribution is 7.93. The summed E-state index contributed by atoms with van der Waals surface area (Å²) < 4.78 is 14.6. The highest BCUT2D eigenvalue weighted by Crippen LogP contribution is 2.59. The molecule has 1 saturated carbocycles. The van der Waals surface area contributed by atoms with Crippen molar-refractivity contribution in [2.24, 2.45) is 17.8 Å². The van der Waals surface area contributed by atoms with Crippen LogP contribution in [0.5, 0.6) is 0 Å². The zero-order chi connectivity index (χ0) is 19.8. The van der Waals surface area contributed by atoms with Crippen molar-refractivity contribution in [1.29, 1.82) is 0 Å². The summed E-state index contributed by atoms with van der Waals surface area (Å²) in [5.41, 5.74) is 1.08. The van der Waals surface area contributed by atoms with E-state index in [1.807, 2.05) is 78.9 Å². The third kappa shape index (κ3) is 2.94. The first-order valence-electron chi connectivity index (χ1n) is 10.2. The van der Waals surface area contributed by atoms with Gasteiger partial charge in [-0.05, 0) is 23.8 Å². The maximum absolute atomic E-state index is 14.6. The number of hydrogen-bond donors (Lipinski definition) is 0. The first-order valence-corrected chi connectivity index (χ1v) is 11.9. The van der Waals surface area contributed by atoms with Crippen LogP contribution < -0.4 is 10.6 Å². The minimum atomic E-state index is -3.42. The van der Waals surface area contributed by atoms with Gasteiger partial charge in [0.1, 0.15) is 0 Å². The van der Waals surface area contributed by atoms with Crippen molar-refractivity contribution in [3.8, 4) is 0 Å². The van der Waals surface area contributed by atoms with E-state index in [0.29, 0.717) is 16.5 Å². The van der Waals surface area contributed by atoms with Crippen LogP contribution in [0.2, 0.25) is 0 Å². The van der Waals surface area contributed by atoms with Crippen molar-refractivity contribution < 1.29 is 9.36 Å². The van der Waals surface area contributed by atoms with E-state index in [-0.39, 0.29) is 23.3 Å². The van der Waals surface area contributed by atoms with E-state index in [1.54, 1.807) is 0 Å². The molecule has 0 saturated heterocycles. The van der Waals surface area contributed by atoms with Crippen LogP contribution in [0.4, 0.5) is 0 Å². The predicted octanol–water partition coefficient (Wildman–Crippen LogP) is 5.13. The summed E-state index contributed by atoms with van der Waals surface area (Å²) in [6.07, 6.45) is 5.40. The Kier molecular flexibility index (Phi) is 4.60. The van der Waals surface area contributed by atoms with Gasteiger partial charge in [-0.1, -0.05) is 103 Å². The molecule has 1 fully saturated rings. The maximum Gasteiger partial charge on any atom is 0.205 e. The Hall–Kier alpha value is -2.70. The molecular weight excluding hydrogens is 375 g/mol. The number of fused-ring (bicyclic) bond motifs is 2. The summed E-state index contributed by atoms with van der Waals surface area (Å²) in [4.78, 5) is 14.1. The summed E-state index contributed by atoms with van der Waals surface area (Å²) in [5.74, 6) is 0.355. The molecule has 2 aliphatic carbocycles. The summed E-state index contributed by atoms with van der Waals surface area (Å²) >= 11 is 0. The molecule has 0 N–H and O–H groups in total. The van der Waals surface area contributed by atoms with Gasteiger partial charge in [0.15, 0.2) is 0 Å². The molecule has 29 heavy (non-hydrogen) atoms. The van der Waals surface area contributed by atoms with Gasteiger partial charge in [-0.15, -0.1) is 0 Å². The fourth-order valence-electron chi connectivity index (χ4n) is 5.18. The van der Waals surface area contributed by atoms with Gasteiger partial charge in [-0.3, -0.25) is 4.79 Å². The molecule has 5 rings (SSSR count). The van der Waals surface area contributed by atoms with Crippen LogP contribution in [0.25, 0.3) is 0 Å². The maximum atomic E-state index is 14.6. The van der Waals surface area contributed by atoms with E-state index in [1.165, 1.54) is 5.56 Å². The van der Waals surface area contributed by atoms with E-state index in [2.05, 4.69) is 24.3 Å². The molecule has 4 atom stereocenters. The number of rotatable bonds is 5. The van der Waals surface area contributed by atoms with Crippen molar-refractivity contribution in [3.05, 3.63) is 109 Å². The second-order valence-electron chi connectivity index (χ2n) is 8.03. The lowest BCUT2D eigenvalue weighted by atomic mass is 9.79. The number of carbonyl (C=O) groups is 1. The Balaban J connectivity index is 1.65.